The Hall–Kier alpha value is -1.52. The van der Waals surface area contributed by atoms with E-state index in [1.807, 2.05) is 18.2 Å². The van der Waals surface area contributed by atoms with Gasteiger partial charge in [-0.15, -0.1) is 11.8 Å². The number of halogens is 3. The number of piperazine rings is 1. The second-order valence-corrected chi connectivity index (χ2v) is 11.3. The maximum Gasteiger partial charge on any atom is 0.416 e. The maximum atomic E-state index is 13.5. The summed E-state index contributed by atoms with van der Waals surface area (Å²) in [5.74, 6) is 0. The summed E-state index contributed by atoms with van der Waals surface area (Å²) in [4.78, 5) is 10.9. The summed E-state index contributed by atoms with van der Waals surface area (Å²) < 4.78 is 45.8. The highest BCUT2D eigenvalue weighted by Crippen LogP contribution is 2.45. The summed E-state index contributed by atoms with van der Waals surface area (Å²) >= 11 is 1.67. The van der Waals surface area contributed by atoms with Gasteiger partial charge >= 0.3 is 6.18 Å². The zero-order chi connectivity index (χ0) is 25.0. The molecular formula is C27H37F3N4OS. The molecule has 3 heterocycles. The zero-order valence-corrected chi connectivity index (χ0v) is 21.7. The molecule has 0 N–H and O–H groups in total. The molecule has 0 spiro atoms. The van der Waals surface area contributed by atoms with E-state index >= 15 is 0 Å². The highest BCUT2D eigenvalue weighted by molar-refractivity contribution is 8.00. The smallest absolute Gasteiger partial charge is 0.379 e. The van der Waals surface area contributed by atoms with Crippen LogP contribution in [0.15, 0.2) is 53.0 Å². The molecule has 1 aromatic rings. The first-order valence-electron chi connectivity index (χ1n) is 13.2. The molecule has 9 heteroatoms. The van der Waals surface area contributed by atoms with Gasteiger partial charge in [-0.25, -0.2) is 0 Å². The van der Waals surface area contributed by atoms with Crippen LogP contribution in [0.1, 0.15) is 12.8 Å². The lowest BCUT2D eigenvalue weighted by Crippen LogP contribution is -2.49. The summed E-state index contributed by atoms with van der Waals surface area (Å²) in [5.41, 5.74) is 0.528. The van der Waals surface area contributed by atoms with E-state index < -0.39 is 11.7 Å². The number of fused-ring (bicyclic) bond motifs is 2. The number of anilines is 1. The van der Waals surface area contributed by atoms with Crippen LogP contribution in [0.3, 0.4) is 0 Å². The van der Waals surface area contributed by atoms with Crippen LogP contribution in [0.25, 0.3) is 0 Å². The molecule has 0 amide bonds. The number of hydrogen-bond acceptors (Lipinski definition) is 6. The summed E-state index contributed by atoms with van der Waals surface area (Å²) in [6.07, 6.45) is 2.26. The Kier molecular flexibility index (Phi) is 8.63. The van der Waals surface area contributed by atoms with Crippen molar-refractivity contribution in [2.24, 2.45) is 0 Å². The molecule has 0 radical (unpaired) electrons. The lowest BCUT2D eigenvalue weighted by atomic mass is 9.99. The quantitative estimate of drug-likeness (QED) is 0.509. The predicted octanol–water partition coefficient (Wildman–Crippen LogP) is 4.12. The van der Waals surface area contributed by atoms with Crippen LogP contribution in [0.2, 0.25) is 0 Å². The van der Waals surface area contributed by atoms with Gasteiger partial charge in [0.2, 0.25) is 0 Å². The zero-order valence-electron chi connectivity index (χ0n) is 20.8. The number of morpholine rings is 1. The van der Waals surface area contributed by atoms with Crippen LogP contribution < -0.4 is 4.90 Å². The fourth-order valence-electron chi connectivity index (χ4n) is 5.63. The molecule has 5 rings (SSSR count). The highest BCUT2D eigenvalue weighted by Gasteiger charge is 2.40. The van der Waals surface area contributed by atoms with Crippen LogP contribution in [-0.2, 0) is 4.74 Å². The molecule has 198 valence electrons. The molecule has 2 atom stereocenters. The van der Waals surface area contributed by atoms with Gasteiger partial charge in [0.1, 0.15) is 0 Å². The summed E-state index contributed by atoms with van der Waals surface area (Å²) in [6, 6.07) is 7.85. The fraction of sp³-hybridized carbons (Fsp3) is 0.630. The average molecular weight is 523 g/mol. The lowest BCUT2D eigenvalue weighted by Gasteiger charge is -2.43. The summed E-state index contributed by atoms with van der Waals surface area (Å²) in [6.45, 7) is 12.2. The molecule has 1 aliphatic carbocycles. The number of nitrogens with zero attached hydrogens (tertiary/aromatic N) is 4. The van der Waals surface area contributed by atoms with Crippen molar-refractivity contribution in [3.05, 3.63) is 48.1 Å². The highest BCUT2D eigenvalue weighted by atomic mass is 32.2. The second-order valence-electron chi connectivity index (χ2n) is 10.1. The molecule has 2 saturated heterocycles. The third kappa shape index (κ3) is 6.48. The van der Waals surface area contributed by atoms with E-state index in [1.54, 1.807) is 17.8 Å². The van der Waals surface area contributed by atoms with Gasteiger partial charge in [-0.1, -0.05) is 24.3 Å². The van der Waals surface area contributed by atoms with Gasteiger partial charge in [-0.3, -0.25) is 4.90 Å². The minimum atomic E-state index is -4.31. The molecule has 1 aromatic carbocycles. The third-order valence-corrected chi connectivity index (χ3v) is 8.98. The van der Waals surface area contributed by atoms with E-state index in [9.17, 15) is 13.2 Å². The molecule has 2 fully saturated rings. The van der Waals surface area contributed by atoms with Crippen LogP contribution >= 0.6 is 11.8 Å². The maximum absolute atomic E-state index is 13.5. The van der Waals surface area contributed by atoms with Crippen molar-refractivity contribution in [3.8, 4) is 0 Å². The van der Waals surface area contributed by atoms with Crippen molar-refractivity contribution >= 4 is 17.4 Å². The standard InChI is InChI=1S/C27H37F3N4OS/c28-27(29,30)22-7-8-26-24(21-22)34(23-5-1-2-6-25(23)36-26)12-4-11-32-15-13-31(14-16-32)9-3-10-33-17-19-35-20-18-33/h1-2,5-8,21,24,26H,3-4,9-20H2. The molecule has 0 saturated carbocycles. The Morgan fingerprint density at radius 1 is 0.833 bits per heavy atom. The first-order chi connectivity index (χ1) is 17.5. The topological polar surface area (TPSA) is 22.2 Å². The van der Waals surface area contributed by atoms with E-state index in [1.165, 1.54) is 18.6 Å². The number of rotatable bonds is 8. The van der Waals surface area contributed by atoms with Crippen molar-refractivity contribution in [3.63, 3.8) is 0 Å². The van der Waals surface area contributed by atoms with Crippen molar-refractivity contribution in [1.82, 2.24) is 14.7 Å². The fourth-order valence-corrected chi connectivity index (χ4v) is 6.91. The number of ether oxygens (including phenoxy) is 1. The van der Waals surface area contributed by atoms with E-state index in [4.69, 9.17) is 4.74 Å². The van der Waals surface area contributed by atoms with Crippen LogP contribution in [0, 0.1) is 0 Å². The molecule has 3 aliphatic heterocycles. The van der Waals surface area contributed by atoms with Crippen LogP contribution in [0.5, 0.6) is 0 Å². The SMILES string of the molecule is FC(F)(F)C1=CC2C(C=C1)Sc1ccccc1N2CCCN1CCN(CCCN2CCOCC2)CC1. The predicted molar refractivity (Wildman–Crippen MR) is 140 cm³/mol. The van der Waals surface area contributed by atoms with Gasteiger partial charge in [0.05, 0.1) is 35.8 Å². The molecular weight excluding hydrogens is 485 g/mol. The number of allylic oxidation sites excluding steroid dienone is 2. The molecule has 2 unspecified atom stereocenters. The number of hydrogen-bond donors (Lipinski definition) is 0. The normalized spacial score (nSPS) is 26.0. The van der Waals surface area contributed by atoms with E-state index in [-0.39, 0.29) is 11.3 Å². The van der Waals surface area contributed by atoms with E-state index in [0.29, 0.717) is 0 Å². The van der Waals surface area contributed by atoms with Gasteiger partial charge in [-0.2, -0.15) is 13.2 Å². The van der Waals surface area contributed by atoms with Gasteiger partial charge in [0.25, 0.3) is 0 Å². The van der Waals surface area contributed by atoms with E-state index in [2.05, 4.69) is 25.7 Å². The average Bonchev–Trinajstić information content (AvgIpc) is 2.89. The van der Waals surface area contributed by atoms with Crippen molar-refractivity contribution in [2.75, 3.05) is 83.6 Å². The Bertz CT molecular complexity index is 926. The van der Waals surface area contributed by atoms with Gasteiger partial charge < -0.3 is 19.4 Å². The van der Waals surface area contributed by atoms with Crippen molar-refractivity contribution < 1.29 is 17.9 Å². The Labute approximate surface area is 216 Å². The Morgan fingerprint density at radius 2 is 1.44 bits per heavy atom. The Morgan fingerprint density at radius 3 is 2.11 bits per heavy atom. The van der Waals surface area contributed by atoms with Crippen LogP contribution in [-0.4, -0.2) is 111 Å². The van der Waals surface area contributed by atoms with Gasteiger partial charge in [0.15, 0.2) is 0 Å². The summed E-state index contributed by atoms with van der Waals surface area (Å²) in [7, 11) is 0. The lowest BCUT2D eigenvalue weighted by molar-refractivity contribution is -0.0887. The summed E-state index contributed by atoms with van der Waals surface area (Å²) in [5, 5.41) is 0.00649. The molecule has 4 aliphatic rings. The largest absolute Gasteiger partial charge is 0.416 e. The van der Waals surface area contributed by atoms with Crippen molar-refractivity contribution in [1.29, 1.82) is 0 Å². The number of alkyl halides is 3. The van der Waals surface area contributed by atoms with Crippen molar-refractivity contribution in [2.45, 2.75) is 35.2 Å². The molecule has 36 heavy (non-hydrogen) atoms. The first-order valence-corrected chi connectivity index (χ1v) is 14.1. The number of thioether (sulfide) groups is 1. The molecule has 5 nitrogen and oxygen atoms in total. The van der Waals surface area contributed by atoms with Gasteiger partial charge in [-0.05, 0) is 50.7 Å². The second kappa shape index (κ2) is 11.9. The minimum absolute atomic E-state index is 0.00649. The van der Waals surface area contributed by atoms with Crippen LogP contribution in [0.4, 0.5) is 18.9 Å². The van der Waals surface area contributed by atoms with E-state index in [0.717, 1.165) is 95.7 Å². The first kappa shape index (κ1) is 26.1. The van der Waals surface area contributed by atoms with Gasteiger partial charge in [0, 0.05) is 50.7 Å². The number of benzene rings is 1. The Balaban J connectivity index is 1.11. The number of para-hydroxylation sites is 1. The monoisotopic (exact) mass is 522 g/mol. The molecule has 0 bridgehead atoms. The minimum Gasteiger partial charge on any atom is -0.379 e. The molecule has 0 aromatic heterocycles. The third-order valence-electron chi connectivity index (χ3n) is 7.67.